The number of rotatable bonds is 5. The monoisotopic (exact) mass is 337 g/mol. The van der Waals surface area contributed by atoms with E-state index in [0.29, 0.717) is 0 Å². The van der Waals surface area contributed by atoms with Gasteiger partial charge >= 0.3 is 0 Å². The molecule has 0 aliphatic heterocycles. The van der Waals surface area contributed by atoms with Crippen molar-refractivity contribution in [2.75, 3.05) is 6.61 Å². The van der Waals surface area contributed by atoms with Crippen LogP contribution in [0.15, 0.2) is 53.0 Å². The molecule has 0 heterocycles. The molecule has 2 N–H and O–H groups in total. The first-order valence-electron chi connectivity index (χ1n) is 6.48. The average molecular weight is 338 g/mol. The van der Waals surface area contributed by atoms with Crippen LogP contribution in [0.2, 0.25) is 0 Å². The summed E-state index contributed by atoms with van der Waals surface area (Å²) < 4.78 is 13.8. The molecule has 20 heavy (non-hydrogen) atoms. The third-order valence-corrected chi connectivity index (χ3v) is 3.95. The van der Waals surface area contributed by atoms with Gasteiger partial charge in [-0.1, -0.05) is 52.3 Å². The van der Waals surface area contributed by atoms with Crippen LogP contribution in [-0.4, -0.2) is 11.7 Å². The van der Waals surface area contributed by atoms with E-state index in [1.807, 2.05) is 37.3 Å². The summed E-state index contributed by atoms with van der Waals surface area (Å²) in [6.45, 7) is 2.00. The molecule has 2 atom stereocenters. The van der Waals surface area contributed by atoms with E-state index < -0.39 is 0 Å². The maximum absolute atomic E-state index is 13.1. The van der Waals surface area contributed by atoms with Crippen molar-refractivity contribution in [3.8, 4) is 0 Å². The predicted octanol–water partition coefficient (Wildman–Crippen LogP) is 3.97. The Morgan fingerprint density at radius 2 is 1.90 bits per heavy atom. The molecule has 2 aromatic rings. The van der Waals surface area contributed by atoms with Gasteiger partial charge in [-0.2, -0.15) is 0 Å². The lowest BCUT2D eigenvalue weighted by Crippen LogP contribution is -2.27. The van der Waals surface area contributed by atoms with E-state index in [1.165, 1.54) is 12.1 Å². The number of nitrogens with one attached hydrogen (secondary N) is 1. The Balaban J connectivity index is 2.15. The summed E-state index contributed by atoms with van der Waals surface area (Å²) in [7, 11) is 0. The van der Waals surface area contributed by atoms with Crippen molar-refractivity contribution in [3.63, 3.8) is 0 Å². The highest BCUT2D eigenvalue weighted by Gasteiger charge is 2.16. The van der Waals surface area contributed by atoms with Crippen LogP contribution in [0.25, 0.3) is 0 Å². The van der Waals surface area contributed by atoms with E-state index in [2.05, 4.69) is 21.2 Å². The lowest BCUT2D eigenvalue weighted by atomic mass is 10.0. The smallest absolute Gasteiger partial charge is 0.124 e. The molecular formula is C16H17BrFNO. The van der Waals surface area contributed by atoms with Gasteiger partial charge in [0.05, 0.1) is 12.6 Å². The van der Waals surface area contributed by atoms with Crippen LogP contribution >= 0.6 is 15.9 Å². The zero-order valence-corrected chi connectivity index (χ0v) is 12.8. The van der Waals surface area contributed by atoms with Crippen molar-refractivity contribution >= 4 is 15.9 Å². The normalized spacial score (nSPS) is 14.0. The topological polar surface area (TPSA) is 32.3 Å². The molecule has 106 valence electrons. The lowest BCUT2D eigenvalue weighted by molar-refractivity contribution is 0.235. The molecule has 0 fully saturated rings. The molecule has 2 nitrogen and oxygen atoms in total. The highest BCUT2D eigenvalue weighted by molar-refractivity contribution is 9.10. The summed E-state index contributed by atoms with van der Waals surface area (Å²) in [4.78, 5) is 0. The first kappa shape index (κ1) is 15.2. The molecule has 0 amide bonds. The summed E-state index contributed by atoms with van der Waals surface area (Å²) in [6, 6.07) is 14.2. The van der Waals surface area contributed by atoms with Crippen LogP contribution < -0.4 is 5.32 Å². The van der Waals surface area contributed by atoms with E-state index in [0.717, 1.165) is 15.6 Å². The molecule has 0 aromatic heterocycles. The van der Waals surface area contributed by atoms with Crippen molar-refractivity contribution in [1.29, 1.82) is 0 Å². The Bertz CT molecular complexity index is 562. The Morgan fingerprint density at radius 3 is 2.50 bits per heavy atom. The molecule has 2 aromatic carbocycles. The van der Waals surface area contributed by atoms with Gasteiger partial charge in [0.1, 0.15) is 5.82 Å². The number of benzene rings is 2. The third kappa shape index (κ3) is 3.66. The van der Waals surface area contributed by atoms with Gasteiger partial charge in [-0.3, -0.25) is 0 Å². The standard InChI is InChI=1S/C16H17BrFNO/c1-11(14-8-7-13(18)9-15(14)17)19-16(10-20)12-5-3-2-4-6-12/h2-9,11,16,19-20H,10H2,1H3/t11?,16-/m1/s1. The molecule has 1 unspecified atom stereocenters. The average Bonchev–Trinajstić information content (AvgIpc) is 2.45. The minimum Gasteiger partial charge on any atom is -0.394 e. The first-order chi connectivity index (χ1) is 9.61. The second-order valence-electron chi connectivity index (χ2n) is 4.70. The Morgan fingerprint density at radius 1 is 1.20 bits per heavy atom. The molecule has 0 aliphatic carbocycles. The second kappa shape index (κ2) is 6.97. The van der Waals surface area contributed by atoms with Crippen molar-refractivity contribution in [2.45, 2.75) is 19.0 Å². The van der Waals surface area contributed by atoms with Crippen molar-refractivity contribution in [3.05, 3.63) is 69.9 Å². The number of halogens is 2. The zero-order chi connectivity index (χ0) is 14.5. The van der Waals surface area contributed by atoms with E-state index in [-0.39, 0.29) is 24.5 Å². The summed E-state index contributed by atoms with van der Waals surface area (Å²) in [5, 5.41) is 12.9. The second-order valence-corrected chi connectivity index (χ2v) is 5.55. The van der Waals surface area contributed by atoms with Crippen molar-refractivity contribution in [1.82, 2.24) is 5.32 Å². The van der Waals surface area contributed by atoms with Gasteiger partial charge in [-0.25, -0.2) is 4.39 Å². The number of hydrogen-bond donors (Lipinski definition) is 2. The maximum Gasteiger partial charge on any atom is 0.124 e. The zero-order valence-electron chi connectivity index (χ0n) is 11.2. The molecule has 0 spiro atoms. The van der Waals surface area contributed by atoms with E-state index in [9.17, 15) is 9.50 Å². The largest absolute Gasteiger partial charge is 0.394 e. The van der Waals surface area contributed by atoms with Gasteiger partial charge in [-0.05, 0) is 30.2 Å². The number of hydrogen-bond acceptors (Lipinski definition) is 2. The highest BCUT2D eigenvalue weighted by Crippen LogP contribution is 2.26. The van der Waals surface area contributed by atoms with Gasteiger partial charge in [0, 0.05) is 10.5 Å². The van der Waals surface area contributed by atoms with Gasteiger partial charge in [0.15, 0.2) is 0 Å². The van der Waals surface area contributed by atoms with Gasteiger partial charge < -0.3 is 10.4 Å². The Hall–Kier alpha value is -1.23. The third-order valence-electron chi connectivity index (χ3n) is 3.26. The number of aliphatic hydroxyl groups is 1. The predicted molar refractivity (Wildman–Crippen MR) is 81.9 cm³/mol. The minimum absolute atomic E-state index is 0.00711. The van der Waals surface area contributed by atoms with Crippen LogP contribution in [0.5, 0.6) is 0 Å². The summed E-state index contributed by atoms with van der Waals surface area (Å²) in [5.41, 5.74) is 1.99. The lowest BCUT2D eigenvalue weighted by Gasteiger charge is -2.23. The van der Waals surface area contributed by atoms with Crippen LogP contribution in [0.1, 0.15) is 30.1 Å². The summed E-state index contributed by atoms with van der Waals surface area (Å²) >= 11 is 3.37. The van der Waals surface area contributed by atoms with Crippen molar-refractivity contribution in [2.24, 2.45) is 0 Å². The van der Waals surface area contributed by atoms with E-state index in [4.69, 9.17) is 0 Å². The fourth-order valence-electron chi connectivity index (χ4n) is 2.18. The fraction of sp³-hybridized carbons (Fsp3) is 0.250. The molecule has 0 saturated heterocycles. The Kier molecular flexibility index (Phi) is 5.29. The highest BCUT2D eigenvalue weighted by atomic mass is 79.9. The van der Waals surface area contributed by atoms with Crippen molar-refractivity contribution < 1.29 is 9.50 Å². The molecule has 0 aliphatic rings. The SMILES string of the molecule is CC(N[C@H](CO)c1ccccc1)c1ccc(F)cc1Br. The van der Waals surface area contributed by atoms with Crippen LogP contribution in [0.3, 0.4) is 0 Å². The summed E-state index contributed by atoms with van der Waals surface area (Å²) in [6.07, 6.45) is 0. The molecule has 0 radical (unpaired) electrons. The van der Waals surface area contributed by atoms with Crippen LogP contribution in [-0.2, 0) is 0 Å². The maximum atomic E-state index is 13.1. The van der Waals surface area contributed by atoms with E-state index in [1.54, 1.807) is 6.07 Å². The quantitative estimate of drug-likeness (QED) is 0.865. The molecule has 2 rings (SSSR count). The molecule has 0 saturated carbocycles. The number of aliphatic hydroxyl groups excluding tert-OH is 1. The van der Waals surface area contributed by atoms with Crippen LogP contribution in [0, 0.1) is 5.82 Å². The fourth-order valence-corrected chi connectivity index (χ4v) is 2.88. The Labute approximate surface area is 126 Å². The van der Waals surface area contributed by atoms with Crippen LogP contribution in [0.4, 0.5) is 4.39 Å². The van der Waals surface area contributed by atoms with Gasteiger partial charge in [0.2, 0.25) is 0 Å². The molecule has 4 heteroatoms. The summed E-state index contributed by atoms with van der Waals surface area (Å²) in [5.74, 6) is -0.269. The first-order valence-corrected chi connectivity index (χ1v) is 7.28. The minimum atomic E-state index is -0.269. The van der Waals surface area contributed by atoms with Gasteiger partial charge in [-0.15, -0.1) is 0 Å². The molecular weight excluding hydrogens is 321 g/mol. The van der Waals surface area contributed by atoms with E-state index >= 15 is 0 Å². The van der Waals surface area contributed by atoms with Gasteiger partial charge in [0.25, 0.3) is 0 Å². The molecule has 0 bridgehead atoms.